The summed E-state index contributed by atoms with van der Waals surface area (Å²) in [6, 6.07) is 17.7. The van der Waals surface area contributed by atoms with E-state index in [1.807, 2.05) is 54.6 Å². The topological polar surface area (TPSA) is 26.3 Å². The van der Waals surface area contributed by atoms with Gasteiger partial charge in [-0.25, -0.2) is 0 Å². The fourth-order valence-electron chi connectivity index (χ4n) is 2.10. The zero-order valence-electron chi connectivity index (χ0n) is 11.9. The number of Topliss-reactive ketones (excluding diaryl/α,β-unsaturated/α-hetero) is 1. The minimum Gasteiger partial charge on any atom is -0.492 e. The van der Waals surface area contributed by atoms with Gasteiger partial charge in [0.1, 0.15) is 18.1 Å². The third-order valence-electron chi connectivity index (χ3n) is 3.21. The van der Waals surface area contributed by atoms with Crippen LogP contribution in [-0.2, 0) is 17.6 Å². The second-order valence-corrected chi connectivity index (χ2v) is 5.26. The van der Waals surface area contributed by atoms with Gasteiger partial charge in [-0.1, -0.05) is 42.5 Å². The number of ether oxygens (including phenoxy) is 1. The van der Waals surface area contributed by atoms with Crippen molar-refractivity contribution in [1.29, 1.82) is 0 Å². The molecule has 0 radical (unpaired) electrons. The summed E-state index contributed by atoms with van der Waals surface area (Å²) in [5.74, 6) is 1.56. The van der Waals surface area contributed by atoms with Crippen LogP contribution >= 0.6 is 11.6 Å². The Morgan fingerprint density at radius 3 is 2.33 bits per heavy atom. The maximum Gasteiger partial charge on any atom is 0.137 e. The highest BCUT2D eigenvalue weighted by atomic mass is 35.5. The molecule has 0 aliphatic heterocycles. The van der Waals surface area contributed by atoms with E-state index in [4.69, 9.17) is 16.3 Å². The van der Waals surface area contributed by atoms with Crippen molar-refractivity contribution in [3.63, 3.8) is 0 Å². The number of carbonyl (C=O) groups excluding carboxylic acids is 1. The van der Waals surface area contributed by atoms with Crippen molar-refractivity contribution in [3.05, 3.63) is 65.7 Å². The van der Waals surface area contributed by atoms with Gasteiger partial charge in [0.2, 0.25) is 0 Å². The molecule has 0 amide bonds. The molecule has 0 heterocycles. The van der Waals surface area contributed by atoms with Crippen molar-refractivity contribution in [2.45, 2.75) is 19.3 Å². The van der Waals surface area contributed by atoms with Gasteiger partial charge in [-0.05, 0) is 29.7 Å². The number of hydrogen-bond donors (Lipinski definition) is 0. The van der Waals surface area contributed by atoms with Crippen LogP contribution in [0, 0.1) is 0 Å². The van der Waals surface area contributed by atoms with Crippen LogP contribution in [0.25, 0.3) is 0 Å². The molecule has 110 valence electrons. The molecule has 0 unspecified atom stereocenters. The van der Waals surface area contributed by atoms with Gasteiger partial charge in [-0.3, -0.25) is 4.79 Å². The second-order valence-electron chi connectivity index (χ2n) is 4.88. The van der Waals surface area contributed by atoms with Gasteiger partial charge in [0, 0.05) is 12.8 Å². The van der Waals surface area contributed by atoms with Gasteiger partial charge in [-0.2, -0.15) is 0 Å². The minimum atomic E-state index is 0.267. The fourth-order valence-corrected chi connectivity index (χ4v) is 2.18. The molecule has 0 fully saturated rings. The maximum absolute atomic E-state index is 12.0. The number of alkyl halides is 1. The van der Waals surface area contributed by atoms with Crippen molar-refractivity contribution >= 4 is 17.4 Å². The summed E-state index contributed by atoms with van der Waals surface area (Å²) in [7, 11) is 0. The van der Waals surface area contributed by atoms with E-state index in [0.717, 1.165) is 23.3 Å². The summed E-state index contributed by atoms with van der Waals surface area (Å²) < 4.78 is 5.42. The molecule has 3 heteroatoms. The Balaban J connectivity index is 1.78. The van der Waals surface area contributed by atoms with Crippen LogP contribution in [-0.4, -0.2) is 18.3 Å². The molecule has 21 heavy (non-hydrogen) atoms. The molecule has 2 nitrogen and oxygen atoms in total. The van der Waals surface area contributed by atoms with Gasteiger partial charge in [0.25, 0.3) is 0 Å². The highest BCUT2D eigenvalue weighted by Crippen LogP contribution is 2.14. The molecule has 0 bridgehead atoms. The summed E-state index contributed by atoms with van der Waals surface area (Å²) in [5.41, 5.74) is 2.22. The van der Waals surface area contributed by atoms with Crippen molar-refractivity contribution in [3.8, 4) is 5.75 Å². The predicted molar refractivity (Wildman–Crippen MR) is 86.1 cm³/mol. The molecule has 0 aromatic heterocycles. The summed E-state index contributed by atoms with van der Waals surface area (Å²) in [6.07, 6.45) is 1.84. The molecule has 0 spiro atoms. The molecule has 0 aliphatic rings. The van der Waals surface area contributed by atoms with Gasteiger partial charge < -0.3 is 4.74 Å². The number of benzene rings is 2. The lowest BCUT2D eigenvalue weighted by molar-refractivity contribution is -0.118. The Bertz CT molecular complexity index is 549. The summed E-state index contributed by atoms with van der Waals surface area (Å²) in [5, 5.41) is 0. The van der Waals surface area contributed by atoms with Gasteiger partial charge in [0.05, 0.1) is 5.88 Å². The lowest BCUT2D eigenvalue weighted by atomic mass is 10.0. The Morgan fingerprint density at radius 2 is 1.67 bits per heavy atom. The Morgan fingerprint density at radius 1 is 0.952 bits per heavy atom. The van der Waals surface area contributed by atoms with Gasteiger partial charge >= 0.3 is 0 Å². The number of hydrogen-bond acceptors (Lipinski definition) is 2. The van der Waals surface area contributed by atoms with Crippen molar-refractivity contribution < 1.29 is 9.53 Å². The Hall–Kier alpha value is -1.80. The van der Waals surface area contributed by atoms with Crippen molar-refractivity contribution in [2.24, 2.45) is 0 Å². The number of aryl methyl sites for hydroxylation is 1. The van der Waals surface area contributed by atoms with E-state index in [0.29, 0.717) is 25.3 Å². The number of carbonyl (C=O) groups is 1. The van der Waals surface area contributed by atoms with E-state index in [9.17, 15) is 4.79 Å². The molecule has 0 aliphatic carbocycles. The first-order chi connectivity index (χ1) is 10.3. The molecule has 0 atom stereocenters. The van der Waals surface area contributed by atoms with E-state index < -0.39 is 0 Å². The third-order valence-corrected chi connectivity index (χ3v) is 3.36. The monoisotopic (exact) mass is 302 g/mol. The van der Waals surface area contributed by atoms with Gasteiger partial charge in [-0.15, -0.1) is 11.6 Å². The SMILES string of the molecule is O=C(CCc1ccc(OCCCl)cc1)Cc1ccccc1. The van der Waals surface area contributed by atoms with Gasteiger partial charge in [0.15, 0.2) is 0 Å². The lowest BCUT2D eigenvalue weighted by Crippen LogP contribution is -2.04. The first-order valence-corrected chi connectivity index (χ1v) is 7.64. The fraction of sp³-hybridized carbons (Fsp3) is 0.278. The highest BCUT2D eigenvalue weighted by Gasteiger charge is 2.04. The Kier molecular flexibility index (Phi) is 6.29. The highest BCUT2D eigenvalue weighted by molar-refractivity contribution is 6.18. The van der Waals surface area contributed by atoms with Crippen molar-refractivity contribution in [1.82, 2.24) is 0 Å². The summed E-state index contributed by atoms with van der Waals surface area (Å²) in [4.78, 5) is 12.0. The molecular formula is C18H19ClO2. The molecule has 2 aromatic rings. The van der Waals surface area contributed by atoms with Crippen molar-refractivity contribution in [2.75, 3.05) is 12.5 Å². The maximum atomic E-state index is 12.0. The zero-order chi connectivity index (χ0) is 14.9. The van der Waals surface area contributed by atoms with Crippen LogP contribution in [0.2, 0.25) is 0 Å². The summed E-state index contributed by atoms with van der Waals surface area (Å²) >= 11 is 5.57. The predicted octanol–water partition coefficient (Wildman–Crippen LogP) is 4.05. The minimum absolute atomic E-state index is 0.267. The van der Waals surface area contributed by atoms with E-state index in [1.54, 1.807) is 0 Å². The zero-order valence-corrected chi connectivity index (χ0v) is 12.7. The molecule has 0 saturated carbocycles. The molecule has 0 saturated heterocycles. The van der Waals surface area contributed by atoms with E-state index in [2.05, 4.69) is 0 Å². The number of ketones is 1. The van der Waals surface area contributed by atoms with Crippen LogP contribution < -0.4 is 4.74 Å². The first-order valence-electron chi connectivity index (χ1n) is 7.11. The lowest BCUT2D eigenvalue weighted by Gasteiger charge is -2.06. The van der Waals surface area contributed by atoms with Crippen LogP contribution in [0.4, 0.5) is 0 Å². The average molecular weight is 303 g/mol. The first kappa shape index (κ1) is 15.6. The largest absolute Gasteiger partial charge is 0.492 e. The van der Waals surface area contributed by atoms with Crippen LogP contribution in [0.1, 0.15) is 17.5 Å². The molecule has 2 aromatic carbocycles. The van der Waals surface area contributed by atoms with Crippen LogP contribution in [0.3, 0.4) is 0 Å². The summed E-state index contributed by atoms with van der Waals surface area (Å²) in [6.45, 7) is 0.510. The third kappa shape index (κ3) is 5.60. The quantitative estimate of drug-likeness (QED) is 0.688. The Labute approximate surface area is 130 Å². The number of rotatable bonds is 8. The standard InChI is InChI=1S/C18H19ClO2/c19-12-13-21-18-10-7-15(8-11-18)6-9-17(20)14-16-4-2-1-3-5-16/h1-5,7-8,10-11H,6,9,12-14H2. The van der Waals surface area contributed by atoms with Crippen LogP contribution in [0.15, 0.2) is 54.6 Å². The van der Waals surface area contributed by atoms with E-state index in [-0.39, 0.29) is 5.78 Å². The molecular weight excluding hydrogens is 284 g/mol. The average Bonchev–Trinajstić information content (AvgIpc) is 2.53. The normalized spacial score (nSPS) is 10.3. The smallest absolute Gasteiger partial charge is 0.137 e. The van der Waals surface area contributed by atoms with E-state index in [1.165, 1.54) is 0 Å². The molecule has 0 N–H and O–H groups in total. The van der Waals surface area contributed by atoms with Crippen LogP contribution in [0.5, 0.6) is 5.75 Å². The molecule has 2 rings (SSSR count). The second kappa shape index (κ2) is 8.48. The number of halogens is 1. The van der Waals surface area contributed by atoms with E-state index >= 15 is 0 Å².